The van der Waals surface area contributed by atoms with E-state index in [-0.39, 0.29) is 5.56 Å². The van der Waals surface area contributed by atoms with Crippen LogP contribution in [0.3, 0.4) is 0 Å². The number of carbonyl (C=O) groups is 1. The molecule has 0 spiro atoms. The van der Waals surface area contributed by atoms with E-state index in [0.29, 0.717) is 23.4 Å². The van der Waals surface area contributed by atoms with Gasteiger partial charge in [-0.2, -0.15) is 0 Å². The molecule has 0 saturated heterocycles. The molecule has 27 heavy (non-hydrogen) atoms. The van der Waals surface area contributed by atoms with Crippen LogP contribution in [0.4, 0.5) is 0 Å². The molecule has 0 aliphatic carbocycles. The number of thiophene rings is 1. The molecule has 0 amide bonds. The molecule has 0 bridgehead atoms. The van der Waals surface area contributed by atoms with Crippen LogP contribution in [0.2, 0.25) is 0 Å². The Labute approximate surface area is 161 Å². The zero-order chi connectivity index (χ0) is 19.4. The van der Waals surface area contributed by atoms with Crippen LogP contribution < -0.4 is 10.3 Å². The smallest absolute Gasteiger partial charge is 0.328 e. The Morgan fingerprint density at radius 1 is 1.26 bits per heavy atom. The minimum Gasteiger partial charge on any atom is -0.494 e. The summed E-state index contributed by atoms with van der Waals surface area (Å²) < 4.78 is 12.0. The largest absolute Gasteiger partial charge is 0.494 e. The first kappa shape index (κ1) is 19.1. The van der Waals surface area contributed by atoms with Crippen LogP contribution in [0.1, 0.15) is 33.2 Å². The molecule has 3 rings (SSSR count). The predicted octanol–water partition coefficient (Wildman–Crippen LogP) is 4.04. The van der Waals surface area contributed by atoms with Gasteiger partial charge in [0.15, 0.2) is 0 Å². The number of benzene rings is 1. The van der Waals surface area contributed by atoms with Crippen molar-refractivity contribution >= 4 is 27.5 Å². The van der Waals surface area contributed by atoms with Gasteiger partial charge in [0.25, 0.3) is 5.56 Å². The van der Waals surface area contributed by atoms with E-state index in [9.17, 15) is 9.59 Å². The fraction of sp³-hybridized carbons (Fsp3) is 0.350. The van der Waals surface area contributed by atoms with Crippen LogP contribution in [0.15, 0.2) is 40.8 Å². The molecule has 0 fully saturated rings. The molecular weight excluding hydrogens is 364 g/mol. The van der Waals surface area contributed by atoms with Crippen molar-refractivity contribution in [3.63, 3.8) is 0 Å². The summed E-state index contributed by atoms with van der Waals surface area (Å²) in [5, 5.41) is 2.43. The number of hydrogen-bond donors (Lipinski definition) is 0. The predicted molar refractivity (Wildman–Crippen MR) is 106 cm³/mol. The van der Waals surface area contributed by atoms with Gasteiger partial charge in [-0.05, 0) is 38.0 Å². The molecule has 0 radical (unpaired) electrons. The van der Waals surface area contributed by atoms with E-state index in [0.717, 1.165) is 23.3 Å². The Bertz CT molecular complexity index is 991. The van der Waals surface area contributed by atoms with Gasteiger partial charge < -0.3 is 9.47 Å². The molecule has 0 aliphatic rings. The molecule has 7 heteroatoms. The zero-order valence-electron chi connectivity index (χ0n) is 15.6. The highest BCUT2D eigenvalue weighted by Gasteiger charge is 2.21. The lowest BCUT2D eigenvalue weighted by Crippen LogP contribution is -2.29. The van der Waals surface area contributed by atoms with E-state index in [2.05, 4.69) is 4.98 Å². The maximum Gasteiger partial charge on any atom is 0.328 e. The second-order valence-corrected chi connectivity index (χ2v) is 6.95. The van der Waals surface area contributed by atoms with Gasteiger partial charge in [-0.3, -0.25) is 9.36 Å². The first-order chi connectivity index (χ1) is 13.1. The molecule has 0 N–H and O–H groups in total. The van der Waals surface area contributed by atoms with Crippen molar-refractivity contribution in [3.05, 3.63) is 46.3 Å². The number of fused-ring (bicyclic) bond motifs is 1. The first-order valence-electron chi connectivity index (χ1n) is 8.95. The minimum atomic E-state index is -0.728. The third-order valence-corrected chi connectivity index (χ3v) is 5.09. The highest BCUT2D eigenvalue weighted by atomic mass is 32.1. The van der Waals surface area contributed by atoms with Crippen molar-refractivity contribution in [3.8, 4) is 16.9 Å². The molecule has 1 aromatic carbocycles. The third kappa shape index (κ3) is 3.88. The summed E-state index contributed by atoms with van der Waals surface area (Å²) in [6.07, 6.45) is 2.15. The summed E-state index contributed by atoms with van der Waals surface area (Å²) in [5.41, 5.74) is 1.47. The second-order valence-electron chi connectivity index (χ2n) is 6.09. The topological polar surface area (TPSA) is 70.4 Å². The lowest BCUT2D eigenvalue weighted by Gasteiger charge is -2.14. The number of ether oxygens (including phenoxy) is 2. The van der Waals surface area contributed by atoms with Crippen molar-refractivity contribution in [2.24, 2.45) is 0 Å². The normalized spacial score (nSPS) is 12.1. The van der Waals surface area contributed by atoms with Gasteiger partial charge in [-0.25, -0.2) is 9.78 Å². The molecule has 142 valence electrons. The van der Waals surface area contributed by atoms with Crippen LogP contribution in [-0.4, -0.2) is 28.7 Å². The Balaban J connectivity index is 2.01. The Kier molecular flexibility index (Phi) is 5.91. The Morgan fingerprint density at radius 2 is 2.00 bits per heavy atom. The molecule has 3 aromatic rings. The fourth-order valence-corrected chi connectivity index (χ4v) is 3.67. The fourth-order valence-electron chi connectivity index (χ4n) is 2.77. The second kappa shape index (κ2) is 8.35. The number of aromatic nitrogens is 2. The number of carbonyl (C=O) groups excluding carboxylic acids is 1. The van der Waals surface area contributed by atoms with Gasteiger partial charge >= 0.3 is 5.97 Å². The Morgan fingerprint density at radius 3 is 2.67 bits per heavy atom. The summed E-state index contributed by atoms with van der Waals surface area (Å²) in [4.78, 5) is 30.2. The average molecular weight is 386 g/mol. The zero-order valence-corrected chi connectivity index (χ0v) is 16.4. The average Bonchev–Trinajstić information content (AvgIpc) is 3.12. The van der Waals surface area contributed by atoms with E-state index in [1.54, 1.807) is 6.92 Å². The van der Waals surface area contributed by atoms with Gasteiger partial charge in [0.2, 0.25) is 0 Å². The molecule has 1 unspecified atom stereocenters. The monoisotopic (exact) mass is 386 g/mol. The molecule has 2 heterocycles. The van der Waals surface area contributed by atoms with E-state index in [1.165, 1.54) is 22.2 Å². The Hall–Kier alpha value is -2.67. The van der Waals surface area contributed by atoms with E-state index in [4.69, 9.17) is 9.47 Å². The van der Waals surface area contributed by atoms with Crippen LogP contribution in [0.5, 0.6) is 5.75 Å². The van der Waals surface area contributed by atoms with Gasteiger partial charge in [-0.15, -0.1) is 11.3 Å². The maximum absolute atomic E-state index is 13.1. The molecule has 1 atom stereocenters. The van der Waals surface area contributed by atoms with Crippen LogP contribution in [0, 0.1) is 0 Å². The third-order valence-electron chi connectivity index (χ3n) is 4.20. The van der Waals surface area contributed by atoms with Crippen LogP contribution in [-0.2, 0) is 9.53 Å². The van der Waals surface area contributed by atoms with Crippen molar-refractivity contribution in [1.29, 1.82) is 0 Å². The number of rotatable bonds is 7. The first-order valence-corrected chi connectivity index (χ1v) is 9.83. The standard InChI is InChI=1S/C20H22N2O4S/c1-4-10-26-20(24)13(3)22-12-21-18-17(19(22)23)16(11-27-18)14-6-8-15(9-7-14)25-5-2/h6-9,11-13H,4-5,10H2,1-3H3. The van der Waals surface area contributed by atoms with Crippen molar-refractivity contribution < 1.29 is 14.3 Å². The molecular formula is C20H22N2O4S. The van der Waals surface area contributed by atoms with Gasteiger partial charge in [0.1, 0.15) is 16.6 Å². The highest BCUT2D eigenvalue weighted by molar-refractivity contribution is 7.17. The number of esters is 1. The molecule has 6 nitrogen and oxygen atoms in total. The summed E-state index contributed by atoms with van der Waals surface area (Å²) in [6, 6.07) is 6.86. The molecule has 0 saturated carbocycles. The number of hydrogen-bond acceptors (Lipinski definition) is 6. The quantitative estimate of drug-likeness (QED) is 0.573. The lowest BCUT2D eigenvalue weighted by molar-refractivity contribution is -0.147. The van der Waals surface area contributed by atoms with E-state index >= 15 is 0 Å². The minimum absolute atomic E-state index is 0.244. The lowest BCUT2D eigenvalue weighted by atomic mass is 10.1. The van der Waals surface area contributed by atoms with Gasteiger partial charge in [-0.1, -0.05) is 19.1 Å². The van der Waals surface area contributed by atoms with Crippen LogP contribution in [0.25, 0.3) is 21.3 Å². The van der Waals surface area contributed by atoms with Gasteiger partial charge in [0, 0.05) is 10.9 Å². The SMILES string of the molecule is CCCOC(=O)C(C)n1cnc2scc(-c3ccc(OCC)cc3)c2c1=O. The maximum atomic E-state index is 13.1. The molecule has 2 aromatic heterocycles. The van der Waals surface area contributed by atoms with Crippen molar-refractivity contribution in [1.82, 2.24) is 9.55 Å². The van der Waals surface area contributed by atoms with Gasteiger partial charge in [0.05, 0.1) is 24.9 Å². The summed E-state index contributed by atoms with van der Waals surface area (Å²) in [6.45, 7) is 6.44. The van der Waals surface area contributed by atoms with E-state index in [1.807, 2.05) is 43.5 Å². The van der Waals surface area contributed by atoms with E-state index < -0.39 is 12.0 Å². The summed E-state index contributed by atoms with van der Waals surface area (Å²) >= 11 is 1.41. The number of nitrogens with zero attached hydrogens (tertiary/aromatic N) is 2. The summed E-state index contributed by atoms with van der Waals surface area (Å²) in [7, 11) is 0. The van der Waals surface area contributed by atoms with Crippen molar-refractivity contribution in [2.45, 2.75) is 33.2 Å². The molecule has 0 aliphatic heterocycles. The highest BCUT2D eigenvalue weighted by Crippen LogP contribution is 2.31. The van der Waals surface area contributed by atoms with Crippen LogP contribution >= 0.6 is 11.3 Å². The summed E-state index contributed by atoms with van der Waals surface area (Å²) in [5.74, 6) is 0.349. The van der Waals surface area contributed by atoms with Crippen molar-refractivity contribution in [2.75, 3.05) is 13.2 Å².